The number of nitrogens with two attached hydrogens (primary N) is 1. The molecule has 1 aliphatic rings. The summed E-state index contributed by atoms with van der Waals surface area (Å²) in [6.07, 6.45) is 0.778. The second-order valence-electron chi connectivity index (χ2n) is 3.05. The number of carbonyl (C=O) groups is 1. The molecule has 1 saturated carbocycles. The zero-order valence-corrected chi connectivity index (χ0v) is 6.38. The molecule has 4 N–H and O–H groups in total. The number of rotatable bonds is 4. The molecule has 0 spiro atoms. The minimum Gasteiger partial charge on any atom is -0.762 e. The molecule has 0 amide bonds. The molecule has 0 radical (unpaired) electrons. The Morgan fingerprint density at radius 1 is 1.83 bits per heavy atom. The molecule has 0 heterocycles. The van der Waals surface area contributed by atoms with Crippen molar-refractivity contribution in [3.05, 3.63) is 5.21 Å². The largest absolute Gasteiger partial charge is 0.762 e. The van der Waals surface area contributed by atoms with E-state index < -0.39 is 18.1 Å². The highest BCUT2D eigenvalue weighted by Crippen LogP contribution is 2.37. The van der Waals surface area contributed by atoms with Crippen LogP contribution in [0.5, 0.6) is 0 Å². The van der Waals surface area contributed by atoms with Crippen LogP contribution in [0.2, 0.25) is 0 Å². The molecule has 2 unspecified atom stereocenters. The van der Waals surface area contributed by atoms with Gasteiger partial charge in [0.05, 0.1) is 0 Å². The van der Waals surface area contributed by atoms with Gasteiger partial charge in [-0.2, -0.15) is 0 Å². The van der Waals surface area contributed by atoms with Crippen LogP contribution in [0.1, 0.15) is 12.8 Å². The van der Waals surface area contributed by atoms with Gasteiger partial charge in [0.1, 0.15) is 6.04 Å². The Kier molecular flexibility index (Phi) is 2.63. The maximum atomic E-state index is 10.3. The second-order valence-corrected chi connectivity index (χ2v) is 3.05. The predicted octanol–water partition coefficient (Wildman–Crippen LogP) is -0.634. The average Bonchev–Trinajstić information content (AvgIpc) is 2.67. The Morgan fingerprint density at radius 2 is 2.42 bits per heavy atom. The van der Waals surface area contributed by atoms with Gasteiger partial charge in [0.25, 0.3) is 0 Å². The van der Waals surface area contributed by atoms with Crippen molar-refractivity contribution in [2.75, 3.05) is 0 Å². The first-order valence-corrected chi connectivity index (χ1v) is 3.66. The zero-order valence-electron chi connectivity index (χ0n) is 6.38. The quantitative estimate of drug-likeness (QED) is 0.490. The lowest BCUT2D eigenvalue weighted by Crippen LogP contribution is -2.31. The number of carboxylic acid groups (broad SMARTS) is 1. The highest BCUT2D eigenvalue weighted by Gasteiger charge is 2.39. The standard InChI is InChI=1S/C6H11N2O4/c7-4(6(9)10)1-3-2-5(3)8(11)12/h3-5,11H,1-2,7H2,(H,9,10)/q-1/t3?,4-,5?/m0/s1. The van der Waals surface area contributed by atoms with Gasteiger partial charge < -0.3 is 21.3 Å². The van der Waals surface area contributed by atoms with E-state index in [-0.39, 0.29) is 17.6 Å². The third-order valence-electron chi connectivity index (χ3n) is 2.04. The van der Waals surface area contributed by atoms with E-state index in [2.05, 4.69) is 0 Å². The Morgan fingerprint density at radius 3 is 2.75 bits per heavy atom. The molecule has 0 aromatic carbocycles. The molecule has 1 rings (SSSR count). The normalized spacial score (nSPS) is 30.3. The molecule has 0 aliphatic heterocycles. The van der Waals surface area contributed by atoms with Crippen molar-refractivity contribution in [2.24, 2.45) is 11.7 Å². The van der Waals surface area contributed by atoms with Crippen LogP contribution in [0, 0.1) is 11.1 Å². The number of hydroxylamine groups is 2. The van der Waals surface area contributed by atoms with Crippen LogP contribution in [0.3, 0.4) is 0 Å². The summed E-state index contributed by atoms with van der Waals surface area (Å²) in [5.74, 6) is -1.14. The highest BCUT2D eigenvalue weighted by molar-refractivity contribution is 5.73. The Hall–Kier alpha value is -0.690. The van der Waals surface area contributed by atoms with Crippen LogP contribution in [-0.4, -0.2) is 33.6 Å². The Balaban J connectivity index is 2.23. The molecule has 6 heteroatoms. The lowest BCUT2D eigenvalue weighted by molar-refractivity contribution is -0.138. The molecule has 0 aromatic rings. The fraction of sp³-hybridized carbons (Fsp3) is 0.833. The molecule has 1 fully saturated rings. The van der Waals surface area contributed by atoms with Gasteiger partial charge >= 0.3 is 5.97 Å². The predicted molar refractivity (Wildman–Crippen MR) is 39.1 cm³/mol. The van der Waals surface area contributed by atoms with Crippen LogP contribution >= 0.6 is 0 Å². The van der Waals surface area contributed by atoms with E-state index in [1.54, 1.807) is 0 Å². The van der Waals surface area contributed by atoms with E-state index in [9.17, 15) is 10.0 Å². The van der Waals surface area contributed by atoms with Crippen LogP contribution in [0.25, 0.3) is 0 Å². The van der Waals surface area contributed by atoms with Crippen molar-refractivity contribution in [1.29, 1.82) is 0 Å². The van der Waals surface area contributed by atoms with Gasteiger partial charge in [-0.05, 0) is 18.8 Å². The van der Waals surface area contributed by atoms with Crippen molar-refractivity contribution in [3.8, 4) is 0 Å². The molecular weight excluding hydrogens is 164 g/mol. The SMILES string of the molecule is N[C@@H](CC1CC1N([O-])O)C(=O)O. The van der Waals surface area contributed by atoms with Gasteiger partial charge in [0, 0.05) is 6.04 Å². The number of nitrogens with zero attached hydrogens (tertiary/aromatic N) is 1. The average molecular weight is 175 g/mol. The van der Waals surface area contributed by atoms with Crippen molar-refractivity contribution in [2.45, 2.75) is 24.9 Å². The highest BCUT2D eigenvalue weighted by atomic mass is 16.8. The van der Waals surface area contributed by atoms with Gasteiger partial charge in [-0.15, -0.1) is 0 Å². The molecule has 1 aliphatic carbocycles. The van der Waals surface area contributed by atoms with Gasteiger partial charge in [0.2, 0.25) is 0 Å². The summed E-state index contributed by atoms with van der Waals surface area (Å²) >= 11 is 0. The molecule has 70 valence electrons. The maximum absolute atomic E-state index is 10.3. The minimum atomic E-state index is -1.07. The summed E-state index contributed by atoms with van der Waals surface area (Å²) in [6, 6.07) is -1.38. The van der Waals surface area contributed by atoms with Crippen LogP contribution < -0.4 is 5.73 Å². The first-order valence-electron chi connectivity index (χ1n) is 3.66. The topological polar surface area (TPSA) is 110 Å². The van der Waals surface area contributed by atoms with Crippen molar-refractivity contribution >= 4 is 5.97 Å². The lowest BCUT2D eigenvalue weighted by Gasteiger charge is -2.19. The maximum Gasteiger partial charge on any atom is 0.320 e. The Bertz CT molecular complexity index is 184. The molecule has 0 saturated heterocycles. The van der Waals surface area contributed by atoms with Crippen molar-refractivity contribution in [3.63, 3.8) is 0 Å². The van der Waals surface area contributed by atoms with Crippen molar-refractivity contribution in [1.82, 2.24) is 5.23 Å². The molecule has 3 atom stereocenters. The third kappa shape index (κ3) is 2.15. The molecule has 0 aromatic heterocycles. The minimum absolute atomic E-state index is 0.0707. The van der Waals surface area contributed by atoms with Gasteiger partial charge in [-0.1, -0.05) is 0 Å². The summed E-state index contributed by atoms with van der Waals surface area (Å²) in [5, 5.41) is 26.9. The number of hydrogen-bond donors (Lipinski definition) is 3. The van der Waals surface area contributed by atoms with E-state index in [1.165, 1.54) is 0 Å². The number of carboxylic acids is 1. The van der Waals surface area contributed by atoms with Crippen LogP contribution in [0.15, 0.2) is 0 Å². The van der Waals surface area contributed by atoms with E-state index in [4.69, 9.17) is 16.0 Å². The smallest absolute Gasteiger partial charge is 0.320 e. The summed E-state index contributed by atoms with van der Waals surface area (Å²) < 4.78 is 0. The summed E-state index contributed by atoms with van der Waals surface area (Å²) in [4.78, 5) is 10.3. The van der Waals surface area contributed by atoms with E-state index in [1.807, 2.05) is 0 Å². The first kappa shape index (κ1) is 9.40. The summed E-state index contributed by atoms with van der Waals surface area (Å²) in [6.45, 7) is 0. The van der Waals surface area contributed by atoms with Gasteiger partial charge in [-0.25, -0.2) is 0 Å². The Labute approximate surface area is 69.1 Å². The van der Waals surface area contributed by atoms with Crippen molar-refractivity contribution < 1.29 is 15.1 Å². The summed E-state index contributed by atoms with van der Waals surface area (Å²) in [5.41, 5.74) is 5.22. The lowest BCUT2D eigenvalue weighted by atomic mass is 10.1. The van der Waals surface area contributed by atoms with Gasteiger partial charge in [-0.3, -0.25) is 10.0 Å². The molecule has 0 bridgehead atoms. The second kappa shape index (κ2) is 3.36. The van der Waals surface area contributed by atoms with Crippen LogP contribution in [-0.2, 0) is 4.79 Å². The van der Waals surface area contributed by atoms with E-state index in [0.29, 0.717) is 6.42 Å². The monoisotopic (exact) mass is 175 g/mol. The van der Waals surface area contributed by atoms with E-state index in [0.717, 1.165) is 0 Å². The number of aliphatic carboxylic acids is 1. The molecular formula is C6H11N2O4-. The van der Waals surface area contributed by atoms with E-state index >= 15 is 0 Å². The molecule has 6 nitrogen and oxygen atoms in total. The third-order valence-corrected chi connectivity index (χ3v) is 2.04. The number of hydrogen-bond acceptors (Lipinski definition) is 5. The van der Waals surface area contributed by atoms with Crippen LogP contribution in [0.4, 0.5) is 0 Å². The zero-order chi connectivity index (χ0) is 9.30. The fourth-order valence-electron chi connectivity index (χ4n) is 1.18. The first-order chi connectivity index (χ1) is 5.52. The molecule has 12 heavy (non-hydrogen) atoms. The summed E-state index contributed by atoms with van der Waals surface area (Å²) in [7, 11) is 0. The fourth-order valence-corrected chi connectivity index (χ4v) is 1.18. The van der Waals surface area contributed by atoms with Gasteiger partial charge in [0.15, 0.2) is 0 Å².